The van der Waals surface area contributed by atoms with Crippen molar-refractivity contribution in [3.05, 3.63) is 51.1 Å². The number of amides is 1. The minimum Gasteiger partial charge on any atom is -0.310 e. The highest BCUT2D eigenvalue weighted by atomic mass is 32.1. The largest absolute Gasteiger partial charge is 0.310 e. The normalized spacial score (nSPS) is 16.8. The number of nitrogens with one attached hydrogen (secondary N) is 1. The Balaban J connectivity index is 1.91. The van der Waals surface area contributed by atoms with Crippen molar-refractivity contribution in [2.45, 2.75) is 33.1 Å². The van der Waals surface area contributed by atoms with Gasteiger partial charge in [0.15, 0.2) is 0 Å². The maximum Gasteiger partial charge on any atom is 0.252 e. The molecule has 4 rings (SSSR count). The minimum atomic E-state index is -0.00998. The van der Waals surface area contributed by atoms with Crippen molar-refractivity contribution < 1.29 is 4.79 Å². The van der Waals surface area contributed by atoms with Crippen LogP contribution in [0.3, 0.4) is 0 Å². The van der Waals surface area contributed by atoms with Gasteiger partial charge in [-0.15, -0.1) is 0 Å². The van der Waals surface area contributed by atoms with Gasteiger partial charge >= 0.3 is 0 Å². The predicted molar refractivity (Wildman–Crippen MR) is 92.8 cm³/mol. The first-order chi connectivity index (χ1) is 11.5. The second kappa shape index (κ2) is 5.52. The van der Waals surface area contributed by atoms with Gasteiger partial charge in [-0.2, -0.15) is 21.1 Å². The molecule has 0 saturated carbocycles. The lowest BCUT2D eigenvalue weighted by Crippen LogP contribution is -2.25. The van der Waals surface area contributed by atoms with Crippen LogP contribution in [0.1, 0.15) is 40.5 Å². The monoisotopic (exact) mass is 339 g/mol. The summed E-state index contributed by atoms with van der Waals surface area (Å²) < 4.78 is 1.65. The topological polar surface area (TPSA) is 72.7 Å². The van der Waals surface area contributed by atoms with Crippen LogP contribution in [0.5, 0.6) is 0 Å². The Morgan fingerprint density at radius 1 is 1.25 bits per heavy atom. The van der Waals surface area contributed by atoms with Gasteiger partial charge < -0.3 is 5.32 Å². The molecule has 0 saturated heterocycles. The summed E-state index contributed by atoms with van der Waals surface area (Å²) in [4.78, 5) is 21.2. The van der Waals surface area contributed by atoms with Gasteiger partial charge in [0, 0.05) is 29.3 Å². The Morgan fingerprint density at radius 3 is 2.67 bits per heavy atom. The molecule has 0 bridgehead atoms. The fraction of sp³-hybridized carbons (Fsp3) is 0.294. The highest BCUT2D eigenvalue weighted by molar-refractivity contribution is 7.08. The summed E-state index contributed by atoms with van der Waals surface area (Å²) in [7, 11) is 0. The molecule has 0 radical (unpaired) electrons. The van der Waals surface area contributed by atoms with E-state index in [0.717, 1.165) is 28.2 Å². The molecule has 0 spiro atoms. The van der Waals surface area contributed by atoms with Crippen LogP contribution in [0, 0.1) is 20.8 Å². The van der Waals surface area contributed by atoms with Crippen molar-refractivity contribution in [1.29, 1.82) is 0 Å². The molecule has 3 aromatic rings. The van der Waals surface area contributed by atoms with Crippen molar-refractivity contribution in [3.8, 4) is 5.95 Å². The van der Waals surface area contributed by atoms with E-state index in [2.05, 4.69) is 31.8 Å². The third kappa shape index (κ3) is 2.41. The Hall–Kier alpha value is -2.54. The summed E-state index contributed by atoms with van der Waals surface area (Å²) in [6, 6.07) is 3.99. The van der Waals surface area contributed by atoms with E-state index < -0.39 is 0 Å². The molecular formula is C17H17N5OS. The van der Waals surface area contributed by atoms with Crippen molar-refractivity contribution in [2.75, 3.05) is 5.32 Å². The molecule has 0 aromatic carbocycles. The maximum absolute atomic E-state index is 12.3. The second-order valence-electron chi connectivity index (χ2n) is 6.07. The van der Waals surface area contributed by atoms with E-state index in [0.29, 0.717) is 18.2 Å². The highest BCUT2D eigenvalue weighted by Gasteiger charge is 2.33. The van der Waals surface area contributed by atoms with Crippen LogP contribution in [0.15, 0.2) is 22.9 Å². The summed E-state index contributed by atoms with van der Waals surface area (Å²) in [5, 5.41) is 11.7. The number of hydrogen-bond acceptors (Lipinski definition) is 5. The molecule has 6 nitrogen and oxygen atoms in total. The molecule has 0 unspecified atom stereocenters. The van der Waals surface area contributed by atoms with Crippen molar-refractivity contribution in [1.82, 2.24) is 19.7 Å². The number of thiophene rings is 1. The Labute approximate surface area is 143 Å². The van der Waals surface area contributed by atoms with Gasteiger partial charge in [-0.25, -0.2) is 9.97 Å². The van der Waals surface area contributed by atoms with Gasteiger partial charge in [0.25, 0.3) is 5.95 Å². The first-order valence-electron chi connectivity index (χ1n) is 7.77. The highest BCUT2D eigenvalue weighted by Crippen LogP contribution is 2.40. The van der Waals surface area contributed by atoms with E-state index in [1.165, 1.54) is 0 Å². The van der Waals surface area contributed by atoms with Crippen LogP contribution in [0.4, 0.5) is 5.82 Å². The van der Waals surface area contributed by atoms with E-state index in [4.69, 9.17) is 0 Å². The molecule has 1 atom stereocenters. The number of rotatable bonds is 2. The summed E-state index contributed by atoms with van der Waals surface area (Å²) in [5.74, 6) is 1.19. The molecule has 7 heteroatoms. The van der Waals surface area contributed by atoms with Gasteiger partial charge in [0.1, 0.15) is 5.82 Å². The smallest absolute Gasteiger partial charge is 0.252 e. The molecule has 3 aromatic heterocycles. The molecule has 1 amide bonds. The average Bonchev–Trinajstić information content (AvgIpc) is 3.14. The fourth-order valence-electron chi connectivity index (χ4n) is 3.25. The summed E-state index contributed by atoms with van der Waals surface area (Å²) >= 11 is 1.64. The van der Waals surface area contributed by atoms with Crippen molar-refractivity contribution in [2.24, 2.45) is 0 Å². The average molecular weight is 339 g/mol. The number of aromatic nitrogens is 4. The number of aryl methyl sites for hydroxylation is 3. The molecule has 4 heterocycles. The Kier molecular flexibility index (Phi) is 3.45. The first kappa shape index (κ1) is 15.0. The molecule has 1 aliphatic heterocycles. The van der Waals surface area contributed by atoms with Gasteiger partial charge in [-0.05, 0) is 49.2 Å². The van der Waals surface area contributed by atoms with Crippen molar-refractivity contribution in [3.63, 3.8) is 0 Å². The number of hydrogen-bond donors (Lipinski definition) is 1. The van der Waals surface area contributed by atoms with Gasteiger partial charge in [-0.3, -0.25) is 4.79 Å². The molecule has 122 valence electrons. The van der Waals surface area contributed by atoms with Crippen LogP contribution in [-0.4, -0.2) is 25.7 Å². The predicted octanol–water partition coefficient (Wildman–Crippen LogP) is 3.12. The van der Waals surface area contributed by atoms with Crippen molar-refractivity contribution >= 4 is 23.1 Å². The van der Waals surface area contributed by atoms with E-state index in [1.807, 2.05) is 32.2 Å². The van der Waals surface area contributed by atoms with Gasteiger partial charge in [0.2, 0.25) is 5.91 Å². The fourth-order valence-corrected chi connectivity index (χ4v) is 3.97. The number of carbonyl (C=O) groups is 1. The zero-order valence-corrected chi connectivity index (χ0v) is 14.5. The van der Waals surface area contributed by atoms with E-state index in [-0.39, 0.29) is 11.8 Å². The maximum atomic E-state index is 12.3. The summed E-state index contributed by atoms with van der Waals surface area (Å²) in [6.45, 7) is 5.82. The quantitative estimate of drug-likeness (QED) is 0.778. The number of nitrogens with zero attached hydrogens (tertiary/aromatic N) is 4. The minimum absolute atomic E-state index is 0.00998. The Bertz CT molecular complexity index is 909. The zero-order chi connectivity index (χ0) is 16.8. The lowest BCUT2D eigenvalue weighted by molar-refractivity contribution is -0.116. The number of fused-ring (bicyclic) bond motifs is 1. The van der Waals surface area contributed by atoms with Crippen LogP contribution < -0.4 is 5.32 Å². The van der Waals surface area contributed by atoms with E-state index in [9.17, 15) is 4.79 Å². The van der Waals surface area contributed by atoms with E-state index >= 15 is 0 Å². The standard InChI is InChI=1S/C17H17N5OS/c1-9-6-10(2)19-17(18-9)22-16-15(11(3)21-22)13(7-14(23)20-16)12-4-5-24-8-12/h4-6,8,13H,7H2,1-3H3,(H,20,23)/t13-/m0/s1. The third-order valence-corrected chi connectivity index (χ3v) is 4.91. The SMILES string of the molecule is Cc1cc(C)nc(-n2nc(C)c3c2NC(=O)C[C@H]3c2ccsc2)n1. The summed E-state index contributed by atoms with van der Waals surface area (Å²) in [5.41, 5.74) is 4.84. The van der Waals surface area contributed by atoms with Crippen LogP contribution >= 0.6 is 11.3 Å². The molecule has 24 heavy (non-hydrogen) atoms. The Morgan fingerprint density at radius 2 is 2.00 bits per heavy atom. The zero-order valence-electron chi connectivity index (χ0n) is 13.7. The van der Waals surface area contributed by atoms with Crippen LogP contribution in [0.25, 0.3) is 5.95 Å². The number of carbonyl (C=O) groups excluding carboxylic acids is 1. The van der Waals surface area contributed by atoms with Gasteiger partial charge in [-0.1, -0.05) is 0 Å². The third-order valence-electron chi connectivity index (χ3n) is 4.21. The van der Waals surface area contributed by atoms with Gasteiger partial charge in [0.05, 0.1) is 5.69 Å². The molecule has 0 fully saturated rings. The lowest BCUT2D eigenvalue weighted by atomic mass is 9.87. The first-order valence-corrected chi connectivity index (χ1v) is 8.71. The second-order valence-corrected chi connectivity index (χ2v) is 6.85. The molecular weight excluding hydrogens is 322 g/mol. The molecule has 1 N–H and O–H groups in total. The van der Waals surface area contributed by atoms with Crippen LogP contribution in [0.2, 0.25) is 0 Å². The number of anilines is 1. The summed E-state index contributed by atoms with van der Waals surface area (Å²) in [6.07, 6.45) is 0.434. The molecule has 1 aliphatic rings. The van der Waals surface area contributed by atoms with Crippen LogP contribution in [-0.2, 0) is 4.79 Å². The molecule has 0 aliphatic carbocycles. The van der Waals surface area contributed by atoms with E-state index in [1.54, 1.807) is 16.0 Å². The lowest BCUT2D eigenvalue weighted by Gasteiger charge is -2.23.